The summed E-state index contributed by atoms with van der Waals surface area (Å²) in [7, 11) is 0. The van der Waals surface area contributed by atoms with Gasteiger partial charge in [-0.25, -0.2) is 0 Å². The first-order chi connectivity index (χ1) is 11.0. The van der Waals surface area contributed by atoms with Crippen molar-refractivity contribution in [2.75, 3.05) is 0 Å². The summed E-state index contributed by atoms with van der Waals surface area (Å²) in [4.78, 5) is 3.42. The number of nitrogens with one attached hydrogen (secondary N) is 1. The van der Waals surface area contributed by atoms with Gasteiger partial charge in [0.05, 0.1) is 0 Å². The van der Waals surface area contributed by atoms with Crippen molar-refractivity contribution in [2.24, 2.45) is 0 Å². The van der Waals surface area contributed by atoms with Crippen molar-refractivity contribution in [2.45, 2.75) is 39.0 Å². The minimum atomic E-state index is -4.50. The number of rotatable bonds is 3. The number of aromatic nitrogens is 1. The lowest BCUT2D eigenvalue weighted by Crippen LogP contribution is -2.35. The van der Waals surface area contributed by atoms with Crippen LogP contribution in [0.1, 0.15) is 32.0 Å². The van der Waals surface area contributed by atoms with Crippen LogP contribution in [0.5, 0.6) is 5.75 Å². The molecular formula is C17H19Cl2F3N2O. The fourth-order valence-corrected chi connectivity index (χ4v) is 2.33. The summed E-state index contributed by atoms with van der Waals surface area (Å²) in [5.41, 5.74) is 0.120. The molecule has 25 heavy (non-hydrogen) atoms. The zero-order chi connectivity index (χ0) is 18.1. The van der Waals surface area contributed by atoms with Crippen LogP contribution in [-0.2, 0) is 12.7 Å². The van der Waals surface area contributed by atoms with Crippen molar-refractivity contribution < 1.29 is 18.3 Å². The number of phenolic OH excluding ortho intramolecular Hbond substituents is 1. The third-order valence-corrected chi connectivity index (χ3v) is 3.55. The Hall–Kier alpha value is -1.50. The summed E-state index contributed by atoms with van der Waals surface area (Å²) in [6, 6.07) is 5.27. The molecule has 0 fully saturated rings. The second-order valence-corrected chi connectivity index (χ2v) is 6.93. The number of benzene rings is 1. The SMILES string of the molecule is CC(C)(C)NCc1cc(Cl)cc(-c2ccc(C(F)(F)F)nc2)c1O.Cl. The molecule has 0 aliphatic carbocycles. The Morgan fingerprint density at radius 3 is 2.28 bits per heavy atom. The molecule has 1 heterocycles. The second kappa shape index (κ2) is 7.81. The molecule has 0 unspecified atom stereocenters. The van der Waals surface area contributed by atoms with E-state index in [-0.39, 0.29) is 23.7 Å². The first kappa shape index (κ1) is 21.5. The standard InChI is InChI=1S/C17H18ClF3N2O.ClH/c1-16(2,3)23-9-11-6-12(18)7-13(15(11)24)10-4-5-14(22-8-10)17(19,20)21;/h4-8,23-24H,9H2,1-3H3;1H. The van der Waals surface area contributed by atoms with Crippen molar-refractivity contribution in [3.05, 3.63) is 46.7 Å². The van der Waals surface area contributed by atoms with Crippen molar-refractivity contribution in [1.82, 2.24) is 10.3 Å². The highest BCUT2D eigenvalue weighted by Crippen LogP contribution is 2.36. The van der Waals surface area contributed by atoms with Crippen LogP contribution in [0, 0.1) is 0 Å². The Kier molecular flexibility index (Phi) is 6.73. The van der Waals surface area contributed by atoms with E-state index in [1.807, 2.05) is 20.8 Å². The van der Waals surface area contributed by atoms with Gasteiger partial charge in [-0.2, -0.15) is 13.2 Å². The van der Waals surface area contributed by atoms with Crippen LogP contribution in [0.15, 0.2) is 30.5 Å². The minimum Gasteiger partial charge on any atom is -0.507 e. The number of alkyl halides is 3. The van der Waals surface area contributed by atoms with Crippen LogP contribution in [0.4, 0.5) is 13.2 Å². The van der Waals surface area contributed by atoms with E-state index < -0.39 is 11.9 Å². The number of halogens is 5. The Balaban J connectivity index is 0.00000312. The van der Waals surface area contributed by atoms with E-state index in [1.54, 1.807) is 6.07 Å². The zero-order valence-corrected chi connectivity index (χ0v) is 15.5. The van der Waals surface area contributed by atoms with Gasteiger partial charge in [-0.1, -0.05) is 17.7 Å². The number of nitrogens with zero attached hydrogens (tertiary/aromatic N) is 1. The minimum absolute atomic E-state index is 0. The fraction of sp³-hybridized carbons (Fsp3) is 0.353. The van der Waals surface area contributed by atoms with E-state index in [0.717, 1.165) is 12.3 Å². The van der Waals surface area contributed by atoms with Gasteiger partial charge < -0.3 is 10.4 Å². The Labute approximate surface area is 155 Å². The molecule has 1 aromatic carbocycles. The number of pyridine rings is 1. The monoisotopic (exact) mass is 394 g/mol. The molecule has 0 aliphatic heterocycles. The molecule has 0 spiro atoms. The molecule has 8 heteroatoms. The van der Waals surface area contributed by atoms with E-state index in [9.17, 15) is 18.3 Å². The molecule has 0 aliphatic rings. The van der Waals surface area contributed by atoms with E-state index in [4.69, 9.17) is 11.6 Å². The van der Waals surface area contributed by atoms with Crippen molar-refractivity contribution in [3.63, 3.8) is 0 Å². The number of hydrogen-bond donors (Lipinski definition) is 2. The molecule has 2 rings (SSSR count). The highest BCUT2D eigenvalue weighted by Gasteiger charge is 2.32. The molecule has 3 nitrogen and oxygen atoms in total. The maximum absolute atomic E-state index is 12.6. The van der Waals surface area contributed by atoms with Crippen LogP contribution in [0.2, 0.25) is 5.02 Å². The molecule has 138 valence electrons. The number of aromatic hydroxyl groups is 1. The van der Waals surface area contributed by atoms with E-state index >= 15 is 0 Å². The lowest BCUT2D eigenvalue weighted by atomic mass is 10.0. The average Bonchev–Trinajstić information content (AvgIpc) is 2.46. The Morgan fingerprint density at radius 2 is 1.80 bits per heavy atom. The molecular weight excluding hydrogens is 376 g/mol. The summed E-state index contributed by atoms with van der Waals surface area (Å²) < 4.78 is 37.8. The molecule has 0 atom stereocenters. The number of phenols is 1. The summed E-state index contributed by atoms with van der Waals surface area (Å²) in [6.45, 7) is 6.32. The molecule has 0 saturated carbocycles. The van der Waals surface area contributed by atoms with Gasteiger partial charge in [0.1, 0.15) is 11.4 Å². The van der Waals surface area contributed by atoms with Gasteiger partial charge in [-0.05, 0) is 39.0 Å². The Bertz CT molecular complexity index is 726. The van der Waals surface area contributed by atoms with Crippen LogP contribution in [-0.4, -0.2) is 15.6 Å². The van der Waals surface area contributed by atoms with E-state index in [0.29, 0.717) is 28.3 Å². The molecule has 2 aromatic rings. The van der Waals surface area contributed by atoms with Gasteiger partial charge in [0, 0.05) is 40.0 Å². The summed E-state index contributed by atoms with van der Waals surface area (Å²) in [5.74, 6) is -0.0299. The summed E-state index contributed by atoms with van der Waals surface area (Å²) in [6.07, 6.45) is -3.42. The molecule has 2 N–H and O–H groups in total. The van der Waals surface area contributed by atoms with E-state index in [2.05, 4.69) is 10.3 Å². The molecule has 1 aromatic heterocycles. The van der Waals surface area contributed by atoms with Gasteiger partial charge >= 0.3 is 6.18 Å². The molecule has 0 radical (unpaired) electrons. The smallest absolute Gasteiger partial charge is 0.433 e. The lowest BCUT2D eigenvalue weighted by Gasteiger charge is -2.21. The second-order valence-electron chi connectivity index (χ2n) is 6.49. The van der Waals surface area contributed by atoms with Gasteiger partial charge in [0.15, 0.2) is 0 Å². The molecule has 0 saturated heterocycles. The summed E-state index contributed by atoms with van der Waals surface area (Å²) in [5, 5.41) is 14.1. The predicted octanol–water partition coefficient (Wildman–Crippen LogP) is 5.44. The normalized spacial score (nSPS) is 12.0. The molecule has 0 bridgehead atoms. The Morgan fingerprint density at radius 1 is 1.16 bits per heavy atom. The predicted molar refractivity (Wildman–Crippen MR) is 95.2 cm³/mol. The first-order valence-electron chi connectivity index (χ1n) is 7.27. The van der Waals surface area contributed by atoms with Gasteiger partial charge in [-0.15, -0.1) is 12.4 Å². The van der Waals surface area contributed by atoms with Gasteiger partial charge in [-0.3, -0.25) is 4.98 Å². The fourth-order valence-electron chi connectivity index (χ4n) is 2.09. The highest BCUT2D eigenvalue weighted by molar-refractivity contribution is 6.31. The third kappa shape index (κ3) is 5.76. The maximum Gasteiger partial charge on any atom is 0.433 e. The highest BCUT2D eigenvalue weighted by atomic mass is 35.5. The first-order valence-corrected chi connectivity index (χ1v) is 7.65. The summed E-state index contributed by atoms with van der Waals surface area (Å²) >= 11 is 6.09. The lowest BCUT2D eigenvalue weighted by molar-refractivity contribution is -0.141. The zero-order valence-electron chi connectivity index (χ0n) is 13.9. The van der Waals surface area contributed by atoms with Crippen molar-refractivity contribution >= 4 is 24.0 Å². The van der Waals surface area contributed by atoms with Crippen LogP contribution in [0.3, 0.4) is 0 Å². The van der Waals surface area contributed by atoms with E-state index in [1.165, 1.54) is 12.1 Å². The van der Waals surface area contributed by atoms with Crippen LogP contribution < -0.4 is 5.32 Å². The van der Waals surface area contributed by atoms with Crippen molar-refractivity contribution in [3.8, 4) is 16.9 Å². The molecule has 0 amide bonds. The maximum atomic E-state index is 12.6. The number of hydrogen-bond acceptors (Lipinski definition) is 3. The van der Waals surface area contributed by atoms with Crippen LogP contribution in [0.25, 0.3) is 11.1 Å². The topological polar surface area (TPSA) is 45.2 Å². The van der Waals surface area contributed by atoms with Gasteiger partial charge in [0.25, 0.3) is 0 Å². The largest absolute Gasteiger partial charge is 0.507 e. The average molecular weight is 395 g/mol. The van der Waals surface area contributed by atoms with Crippen LogP contribution >= 0.6 is 24.0 Å². The van der Waals surface area contributed by atoms with Crippen molar-refractivity contribution in [1.29, 1.82) is 0 Å². The third-order valence-electron chi connectivity index (χ3n) is 3.33. The quantitative estimate of drug-likeness (QED) is 0.728. The van der Waals surface area contributed by atoms with Gasteiger partial charge in [0.2, 0.25) is 0 Å².